The topological polar surface area (TPSA) is 66.1 Å². The Balaban J connectivity index is 1.70. The summed E-state index contributed by atoms with van der Waals surface area (Å²) in [4.78, 5) is 33.9. The number of likely N-dealkylation sites (tertiary alicyclic amines) is 1. The number of nitrogens with zero attached hydrogens (tertiary/aromatic N) is 2. The van der Waals surface area contributed by atoms with Crippen LogP contribution in [-0.4, -0.2) is 33.6 Å². The van der Waals surface area contributed by atoms with E-state index in [-0.39, 0.29) is 29.7 Å². The van der Waals surface area contributed by atoms with Gasteiger partial charge in [-0.2, -0.15) is 0 Å². The summed E-state index contributed by atoms with van der Waals surface area (Å²) >= 11 is 1.38. The van der Waals surface area contributed by atoms with E-state index in [2.05, 4.69) is 9.97 Å². The highest BCUT2D eigenvalue weighted by molar-refractivity contribution is 7.98. The van der Waals surface area contributed by atoms with E-state index in [0.29, 0.717) is 29.4 Å². The van der Waals surface area contributed by atoms with Crippen LogP contribution in [0.4, 0.5) is 4.39 Å². The van der Waals surface area contributed by atoms with Gasteiger partial charge in [0.05, 0.1) is 6.04 Å². The van der Waals surface area contributed by atoms with Gasteiger partial charge in [-0.3, -0.25) is 9.59 Å². The molecular weight excluding hydrogens is 353 g/mol. The largest absolute Gasteiger partial charge is 0.336 e. The highest BCUT2D eigenvalue weighted by Gasteiger charge is 2.29. The second kappa shape index (κ2) is 8.03. The number of hydrogen-bond donors (Lipinski definition) is 1. The van der Waals surface area contributed by atoms with E-state index in [4.69, 9.17) is 0 Å². The van der Waals surface area contributed by atoms with Crippen molar-refractivity contribution in [3.63, 3.8) is 0 Å². The first-order chi connectivity index (χ1) is 12.5. The maximum Gasteiger partial charge on any atom is 0.254 e. The Hall–Kier alpha value is -2.15. The number of hydrogen-bond acceptors (Lipinski definition) is 4. The zero-order chi connectivity index (χ0) is 18.7. The van der Waals surface area contributed by atoms with Crippen molar-refractivity contribution in [3.8, 4) is 0 Å². The molecule has 7 heteroatoms. The van der Waals surface area contributed by atoms with Crippen molar-refractivity contribution in [2.24, 2.45) is 0 Å². The average Bonchev–Trinajstić information content (AvgIpc) is 3.11. The lowest BCUT2D eigenvalue weighted by atomic mass is 10.0. The highest BCUT2D eigenvalue weighted by atomic mass is 32.2. The molecule has 1 amide bonds. The van der Waals surface area contributed by atoms with E-state index >= 15 is 0 Å². The summed E-state index contributed by atoms with van der Waals surface area (Å²) in [5.74, 6) is -0.259. The number of aromatic amines is 1. The van der Waals surface area contributed by atoms with Gasteiger partial charge < -0.3 is 9.88 Å². The molecule has 1 aliphatic heterocycles. The smallest absolute Gasteiger partial charge is 0.254 e. The van der Waals surface area contributed by atoms with Crippen LogP contribution < -0.4 is 5.56 Å². The summed E-state index contributed by atoms with van der Waals surface area (Å²) in [6.07, 6.45) is 4.29. The molecule has 1 fully saturated rings. The number of benzene rings is 1. The third-order valence-corrected chi connectivity index (χ3v) is 5.39. The fraction of sp³-hybridized carbons (Fsp3) is 0.421. The van der Waals surface area contributed by atoms with Crippen molar-refractivity contribution in [2.45, 2.75) is 43.8 Å². The Morgan fingerprint density at radius 3 is 2.77 bits per heavy atom. The first kappa shape index (κ1) is 18.6. The normalized spacial score (nSPS) is 16.9. The fourth-order valence-electron chi connectivity index (χ4n) is 3.45. The van der Waals surface area contributed by atoms with Crippen molar-refractivity contribution >= 4 is 17.7 Å². The van der Waals surface area contributed by atoms with E-state index in [1.807, 2.05) is 11.2 Å². The minimum Gasteiger partial charge on any atom is -0.336 e. The van der Waals surface area contributed by atoms with E-state index in [1.54, 1.807) is 19.1 Å². The number of amides is 1. The number of aromatic nitrogens is 2. The molecular formula is C19H22FN3O2S. The maximum absolute atomic E-state index is 13.1. The maximum atomic E-state index is 13.1. The molecule has 0 radical (unpaired) electrons. The Bertz CT molecular complexity index is 851. The minimum absolute atomic E-state index is 0.0144. The number of halogens is 1. The van der Waals surface area contributed by atoms with Gasteiger partial charge in [-0.1, -0.05) is 23.9 Å². The van der Waals surface area contributed by atoms with E-state index in [9.17, 15) is 14.0 Å². The predicted molar refractivity (Wildman–Crippen MR) is 99.8 cm³/mol. The van der Waals surface area contributed by atoms with Gasteiger partial charge in [-0.05, 0) is 50.1 Å². The lowest BCUT2D eigenvalue weighted by Crippen LogP contribution is -2.31. The summed E-state index contributed by atoms with van der Waals surface area (Å²) in [6.45, 7) is 2.49. The van der Waals surface area contributed by atoms with Crippen LogP contribution >= 0.6 is 11.8 Å². The van der Waals surface area contributed by atoms with E-state index in [0.717, 1.165) is 18.4 Å². The van der Waals surface area contributed by atoms with Gasteiger partial charge in [-0.25, -0.2) is 9.37 Å². The molecule has 1 aliphatic rings. The minimum atomic E-state index is -0.277. The molecule has 5 nitrogen and oxygen atoms in total. The molecule has 0 saturated carbocycles. The van der Waals surface area contributed by atoms with Gasteiger partial charge in [0.15, 0.2) is 5.16 Å². The molecule has 0 bridgehead atoms. The van der Waals surface area contributed by atoms with Crippen molar-refractivity contribution in [1.29, 1.82) is 0 Å². The van der Waals surface area contributed by atoms with Crippen LogP contribution in [0.25, 0.3) is 0 Å². The number of carbonyl (C=O) groups excluding carboxylic acids is 1. The molecule has 1 unspecified atom stereocenters. The predicted octanol–water partition coefficient (Wildman–Crippen LogP) is 3.24. The van der Waals surface area contributed by atoms with Crippen molar-refractivity contribution in [3.05, 3.63) is 57.3 Å². The summed E-state index contributed by atoms with van der Waals surface area (Å²) in [5, 5.41) is 0.582. The van der Waals surface area contributed by atoms with Crippen LogP contribution in [0.15, 0.2) is 34.2 Å². The molecule has 1 aromatic carbocycles. The van der Waals surface area contributed by atoms with Crippen molar-refractivity contribution in [1.82, 2.24) is 14.9 Å². The fourth-order valence-corrected chi connectivity index (χ4v) is 3.87. The number of nitrogens with one attached hydrogen (secondary N) is 1. The quantitative estimate of drug-likeness (QED) is 0.644. The second-order valence-electron chi connectivity index (χ2n) is 6.44. The number of H-pyrrole nitrogens is 1. The first-order valence-electron chi connectivity index (χ1n) is 8.68. The lowest BCUT2D eigenvalue weighted by Gasteiger charge is -2.25. The monoisotopic (exact) mass is 375 g/mol. The molecule has 26 heavy (non-hydrogen) atoms. The SMILES string of the molecule is CSc1nc(C)c(CCC(=O)N2CCCC2c2ccc(F)cc2)c(=O)[nH]1. The summed E-state index contributed by atoms with van der Waals surface area (Å²) in [7, 11) is 0. The average molecular weight is 375 g/mol. The molecule has 1 aromatic heterocycles. The van der Waals surface area contributed by atoms with Crippen molar-refractivity contribution in [2.75, 3.05) is 12.8 Å². The molecule has 3 rings (SSSR count). The highest BCUT2D eigenvalue weighted by Crippen LogP contribution is 2.32. The Morgan fingerprint density at radius 2 is 2.12 bits per heavy atom. The Kier molecular flexibility index (Phi) is 5.76. The number of thioether (sulfide) groups is 1. The van der Waals surface area contributed by atoms with Gasteiger partial charge in [0, 0.05) is 24.2 Å². The number of rotatable bonds is 5. The van der Waals surface area contributed by atoms with Crippen LogP contribution in [0.2, 0.25) is 0 Å². The Morgan fingerprint density at radius 1 is 1.38 bits per heavy atom. The number of aryl methyl sites for hydroxylation is 1. The standard InChI is InChI=1S/C19H22FN3O2S/c1-12-15(18(25)22-19(21-12)26-2)9-10-17(24)23-11-3-4-16(23)13-5-7-14(20)8-6-13/h5-8,16H,3-4,9-11H2,1-2H3,(H,21,22,25). The molecule has 2 heterocycles. The van der Waals surface area contributed by atoms with Gasteiger partial charge in [0.2, 0.25) is 5.91 Å². The van der Waals surface area contributed by atoms with Gasteiger partial charge in [0.1, 0.15) is 5.82 Å². The lowest BCUT2D eigenvalue weighted by molar-refractivity contribution is -0.132. The van der Waals surface area contributed by atoms with Crippen LogP contribution in [0.1, 0.15) is 42.1 Å². The third-order valence-electron chi connectivity index (χ3n) is 4.81. The molecule has 2 aromatic rings. The zero-order valence-electron chi connectivity index (χ0n) is 14.9. The van der Waals surface area contributed by atoms with Crippen molar-refractivity contribution < 1.29 is 9.18 Å². The van der Waals surface area contributed by atoms with Gasteiger partial charge in [0.25, 0.3) is 5.56 Å². The van der Waals surface area contributed by atoms with Crippen LogP contribution in [0.5, 0.6) is 0 Å². The van der Waals surface area contributed by atoms with Gasteiger partial charge in [-0.15, -0.1) is 0 Å². The van der Waals surface area contributed by atoms with Crippen LogP contribution in [-0.2, 0) is 11.2 Å². The molecule has 0 spiro atoms. The summed E-state index contributed by atoms with van der Waals surface area (Å²) in [5.41, 5.74) is 2.01. The van der Waals surface area contributed by atoms with Crippen LogP contribution in [0, 0.1) is 12.7 Å². The zero-order valence-corrected chi connectivity index (χ0v) is 15.7. The van der Waals surface area contributed by atoms with E-state index < -0.39 is 0 Å². The number of carbonyl (C=O) groups is 1. The van der Waals surface area contributed by atoms with Gasteiger partial charge >= 0.3 is 0 Å². The molecule has 0 aliphatic carbocycles. The summed E-state index contributed by atoms with van der Waals surface area (Å²) < 4.78 is 13.1. The molecule has 1 saturated heterocycles. The molecule has 1 atom stereocenters. The second-order valence-corrected chi connectivity index (χ2v) is 7.23. The molecule has 138 valence electrons. The summed E-state index contributed by atoms with van der Waals surface area (Å²) in [6, 6.07) is 6.33. The first-order valence-corrected chi connectivity index (χ1v) is 9.90. The Labute approximate surface area is 156 Å². The third kappa shape index (κ3) is 3.98. The van der Waals surface area contributed by atoms with E-state index in [1.165, 1.54) is 23.9 Å². The van der Waals surface area contributed by atoms with Crippen LogP contribution in [0.3, 0.4) is 0 Å². The molecule has 1 N–H and O–H groups in total.